The van der Waals surface area contributed by atoms with Gasteiger partial charge in [0, 0.05) is 16.5 Å². The van der Waals surface area contributed by atoms with Gasteiger partial charge in [-0.05, 0) is 37.5 Å². The molecule has 0 aliphatic carbocycles. The van der Waals surface area contributed by atoms with Crippen molar-refractivity contribution in [1.29, 1.82) is 0 Å². The molecule has 3 aromatic rings. The number of hydrogen-bond acceptors (Lipinski definition) is 3. The first-order valence-corrected chi connectivity index (χ1v) is 9.40. The van der Waals surface area contributed by atoms with Gasteiger partial charge in [0.2, 0.25) is 0 Å². The predicted molar refractivity (Wildman–Crippen MR) is 104 cm³/mol. The zero-order chi connectivity index (χ0) is 18.1. The monoisotopic (exact) mass is 376 g/mol. The quantitative estimate of drug-likeness (QED) is 0.578. The molecule has 3 rings (SSSR count). The molecule has 0 fully saturated rings. The Hall–Kier alpha value is -1.65. The SMILES string of the molecule is CCC(C)C(CC)c1nc2c(C)nnc(-c3ccc(Cl)cc3Cl)c2[nH]1. The zero-order valence-electron chi connectivity index (χ0n) is 14.9. The van der Waals surface area contributed by atoms with Crippen molar-refractivity contribution in [3.05, 3.63) is 39.8 Å². The first-order valence-electron chi connectivity index (χ1n) is 8.64. The summed E-state index contributed by atoms with van der Waals surface area (Å²) in [7, 11) is 0. The van der Waals surface area contributed by atoms with E-state index in [1.165, 1.54) is 0 Å². The van der Waals surface area contributed by atoms with E-state index in [1.54, 1.807) is 12.1 Å². The highest BCUT2D eigenvalue weighted by Crippen LogP contribution is 2.35. The lowest BCUT2D eigenvalue weighted by Crippen LogP contribution is -2.09. The molecular weight excluding hydrogens is 355 g/mol. The van der Waals surface area contributed by atoms with E-state index in [-0.39, 0.29) is 0 Å². The van der Waals surface area contributed by atoms with Gasteiger partial charge in [0.05, 0.1) is 16.2 Å². The third-order valence-corrected chi connectivity index (χ3v) is 5.46. The van der Waals surface area contributed by atoms with Crippen LogP contribution < -0.4 is 0 Å². The zero-order valence-corrected chi connectivity index (χ0v) is 16.4. The van der Waals surface area contributed by atoms with E-state index in [4.69, 9.17) is 28.2 Å². The van der Waals surface area contributed by atoms with Crippen LogP contribution in [0, 0.1) is 12.8 Å². The molecular formula is C19H22Cl2N4. The number of nitrogens with zero attached hydrogens (tertiary/aromatic N) is 3. The number of imidazole rings is 1. The molecule has 0 radical (unpaired) electrons. The smallest absolute Gasteiger partial charge is 0.120 e. The minimum absolute atomic E-state index is 0.380. The summed E-state index contributed by atoms with van der Waals surface area (Å²) >= 11 is 12.4. The number of halogens is 2. The average Bonchev–Trinajstić information content (AvgIpc) is 3.02. The van der Waals surface area contributed by atoms with Gasteiger partial charge >= 0.3 is 0 Å². The van der Waals surface area contributed by atoms with Gasteiger partial charge in [-0.3, -0.25) is 0 Å². The maximum Gasteiger partial charge on any atom is 0.120 e. The summed E-state index contributed by atoms with van der Waals surface area (Å²) in [6, 6.07) is 5.40. The highest BCUT2D eigenvalue weighted by Gasteiger charge is 2.22. The third kappa shape index (κ3) is 3.38. The molecule has 2 unspecified atom stereocenters. The van der Waals surface area contributed by atoms with E-state index in [2.05, 4.69) is 36.0 Å². The Kier molecular flexibility index (Phi) is 5.30. The van der Waals surface area contributed by atoms with E-state index in [9.17, 15) is 0 Å². The molecule has 0 spiro atoms. The fourth-order valence-corrected chi connectivity index (χ4v) is 3.74. The molecule has 0 aliphatic heterocycles. The molecule has 2 aromatic heterocycles. The maximum atomic E-state index is 6.39. The predicted octanol–water partition coefficient (Wildman–Crippen LogP) is 6.17. The molecule has 132 valence electrons. The fourth-order valence-electron chi connectivity index (χ4n) is 3.24. The lowest BCUT2D eigenvalue weighted by molar-refractivity contribution is 0.421. The lowest BCUT2D eigenvalue weighted by atomic mass is 9.89. The second kappa shape index (κ2) is 7.30. The van der Waals surface area contributed by atoms with Crippen molar-refractivity contribution in [2.45, 2.75) is 46.5 Å². The molecule has 0 amide bonds. The van der Waals surface area contributed by atoms with Crippen molar-refractivity contribution in [2.75, 3.05) is 0 Å². The summed E-state index contributed by atoms with van der Waals surface area (Å²) < 4.78 is 0. The molecule has 1 aromatic carbocycles. The molecule has 0 bridgehead atoms. The highest BCUT2D eigenvalue weighted by atomic mass is 35.5. The van der Waals surface area contributed by atoms with Crippen LogP contribution in [-0.4, -0.2) is 20.2 Å². The number of rotatable bonds is 5. The number of aromatic nitrogens is 4. The second-order valence-corrected chi connectivity index (χ2v) is 7.35. The second-order valence-electron chi connectivity index (χ2n) is 6.50. The van der Waals surface area contributed by atoms with Gasteiger partial charge in [-0.1, -0.05) is 50.4 Å². The molecule has 2 atom stereocenters. The average molecular weight is 377 g/mol. The first kappa shape index (κ1) is 18.2. The van der Waals surface area contributed by atoms with Gasteiger partial charge in [-0.2, -0.15) is 5.10 Å². The molecule has 0 saturated carbocycles. The number of aryl methyl sites for hydroxylation is 1. The van der Waals surface area contributed by atoms with Crippen LogP contribution in [0.2, 0.25) is 10.0 Å². The van der Waals surface area contributed by atoms with Gasteiger partial charge in [0.1, 0.15) is 17.0 Å². The van der Waals surface area contributed by atoms with Crippen molar-refractivity contribution in [1.82, 2.24) is 20.2 Å². The van der Waals surface area contributed by atoms with Crippen molar-refractivity contribution in [3.8, 4) is 11.3 Å². The van der Waals surface area contributed by atoms with Gasteiger partial charge in [-0.15, -0.1) is 5.10 Å². The van der Waals surface area contributed by atoms with Crippen molar-refractivity contribution in [2.24, 2.45) is 5.92 Å². The lowest BCUT2D eigenvalue weighted by Gasteiger charge is -2.18. The Morgan fingerprint density at radius 1 is 1.12 bits per heavy atom. The highest BCUT2D eigenvalue weighted by molar-refractivity contribution is 6.36. The van der Waals surface area contributed by atoms with E-state index in [1.807, 2.05) is 13.0 Å². The van der Waals surface area contributed by atoms with Gasteiger partial charge in [-0.25, -0.2) is 4.98 Å². The van der Waals surface area contributed by atoms with Crippen LogP contribution >= 0.6 is 23.2 Å². The Bertz CT molecular complexity index is 904. The normalized spacial score (nSPS) is 14.0. The molecule has 4 nitrogen and oxygen atoms in total. The van der Waals surface area contributed by atoms with E-state index in [0.29, 0.717) is 27.6 Å². The van der Waals surface area contributed by atoms with Gasteiger partial charge in [0.15, 0.2) is 0 Å². The van der Waals surface area contributed by atoms with Crippen LogP contribution in [-0.2, 0) is 0 Å². The maximum absolute atomic E-state index is 6.39. The molecule has 1 N–H and O–H groups in total. The summed E-state index contributed by atoms with van der Waals surface area (Å²) in [5.41, 5.74) is 4.06. The van der Waals surface area contributed by atoms with E-state index in [0.717, 1.165) is 41.0 Å². The topological polar surface area (TPSA) is 54.5 Å². The minimum Gasteiger partial charge on any atom is -0.340 e. The van der Waals surface area contributed by atoms with Crippen LogP contribution in [0.1, 0.15) is 51.0 Å². The van der Waals surface area contributed by atoms with Crippen LogP contribution in [0.3, 0.4) is 0 Å². The Morgan fingerprint density at radius 3 is 2.52 bits per heavy atom. The van der Waals surface area contributed by atoms with Crippen LogP contribution in [0.15, 0.2) is 18.2 Å². The summed E-state index contributed by atoms with van der Waals surface area (Å²) in [4.78, 5) is 8.36. The summed E-state index contributed by atoms with van der Waals surface area (Å²) in [6.45, 7) is 8.60. The van der Waals surface area contributed by atoms with Crippen molar-refractivity contribution >= 4 is 34.2 Å². The van der Waals surface area contributed by atoms with E-state index >= 15 is 0 Å². The largest absolute Gasteiger partial charge is 0.340 e. The Morgan fingerprint density at radius 2 is 1.88 bits per heavy atom. The molecule has 25 heavy (non-hydrogen) atoms. The number of fused-ring (bicyclic) bond motifs is 1. The van der Waals surface area contributed by atoms with Crippen molar-refractivity contribution < 1.29 is 0 Å². The summed E-state index contributed by atoms with van der Waals surface area (Å²) in [5, 5.41) is 9.82. The minimum atomic E-state index is 0.380. The summed E-state index contributed by atoms with van der Waals surface area (Å²) in [5.74, 6) is 1.93. The number of nitrogens with one attached hydrogen (secondary N) is 1. The number of hydrogen-bond donors (Lipinski definition) is 1. The van der Waals surface area contributed by atoms with Gasteiger partial charge < -0.3 is 4.98 Å². The molecule has 0 aliphatic rings. The summed E-state index contributed by atoms with van der Waals surface area (Å²) in [6.07, 6.45) is 2.15. The Labute approximate surface area is 158 Å². The molecule has 2 heterocycles. The number of benzene rings is 1. The van der Waals surface area contributed by atoms with Gasteiger partial charge in [0.25, 0.3) is 0 Å². The standard InChI is InChI=1S/C19H22Cl2N4/c1-5-10(3)13(6-2)19-22-16-11(4)24-25-17(18(16)23-19)14-8-7-12(20)9-15(14)21/h7-10,13H,5-6H2,1-4H3,(H,22,23). The number of aromatic amines is 1. The third-order valence-electron chi connectivity index (χ3n) is 4.91. The molecule has 6 heteroatoms. The van der Waals surface area contributed by atoms with Crippen molar-refractivity contribution in [3.63, 3.8) is 0 Å². The first-order chi connectivity index (χ1) is 12.0. The van der Waals surface area contributed by atoms with Crippen LogP contribution in [0.25, 0.3) is 22.3 Å². The van der Waals surface area contributed by atoms with E-state index < -0.39 is 0 Å². The fraction of sp³-hybridized carbons (Fsp3) is 0.421. The number of H-pyrrole nitrogens is 1. The van der Waals surface area contributed by atoms with Crippen LogP contribution in [0.5, 0.6) is 0 Å². The Balaban J connectivity index is 2.20. The molecule has 0 saturated heterocycles. The van der Waals surface area contributed by atoms with Crippen LogP contribution in [0.4, 0.5) is 0 Å².